The molecule has 0 bridgehead atoms. The first kappa shape index (κ1) is 11.0. The van der Waals surface area contributed by atoms with Crippen LogP contribution in [0, 0.1) is 12.7 Å². The Morgan fingerprint density at radius 2 is 2.06 bits per heavy atom. The minimum Gasteiger partial charge on any atom is -0.237 e. The summed E-state index contributed by atoms with van der Waals surface area (Å²) in [4.78, 5) is 8.42. The summed E-state index contributed by atoms with van der Waals surface area (Å²) in [6, 6.07) is 8.12. The fourth-order valence-corrected chi connectivity index (χ4v) is 1.60. The molecule has 0 fully saturated rings. The molecular formula is C12H10ClFN2. The van der Waals surface area contributed by atoms with Crippen LogP contribution in [0.3, 0.4) is 0 Å². The second-order valence-electron chi connectivity index (χ2n) is 3.45. The van der Waals surface area contributed by atoms with E-state index in [0.29, 0.717) is 11.5 Å². The van der Waals surface area contributed by atoms with E-state index in [4.69, 9.17) is 11.6 Å². The maximum absolute atomic E-state index is 13.1. The van der Waals surface area contributed by atoms with Crippen molar-refractivity contribution in [2.45, 2.75) is 12.8 Å². The summed E-state index contributed by atoms with van der Waals surface area (Å²) in [5.74, 6) is 0.534. The van der Waals surface area contributed by atoms with Crippen LogP contribution in [-0.4, -0.2) is 9.97 Å². The normalized spacial score (nSPS) is 10.4. The fraction of sp³-hybridized carbons (Fsp3) is 0.167. The van der Waals surface area contributed by atoms with E-state index in [9.17, 15) is 4.39 Å². The van der Waals surface area contributed by atoms with Gasteiger partial charge in [-0.3, -0.25) is 0 Å². The van der Waals surface area contributed by atoms with Gasteiger partial charge in [0.05, 0.1) is 11.6 Å². The predicted octanol–water partition coefficient (Wildman–Crippen LogP) is 3.33. The SMILES string of the molecule is Cc1cc(-c2cccc(F)c2)nc(CCl)n1. The molecule has 1 aromatic heterocycles. The van der Waals surface area contributed by atoms with E-state index in [1.807, 2.05) is 19.1 Å². The van der Waals surface area contributed by atoms with Crippen molar-refractivity contribution in [2.75, 3.05) is 0 Å². The molecule has 0 aliphatic carbocycles. The lowest BCUT2D eigenvalue weighted by Gasteiger charge is -2.04. The molecule has 0 aliphatic heterocycles. The summed E-state index contributed by atoms with van der Waals surface area (Å²) in [5.41, 5.74) is 2.25. The summed E-state index contributed by atoms with van der Waals surface area (Å²) in [6.07, 6.45) is 0. The topological polar surface area (TPSA) is 25.8 Å². The van der Waals surface area contributed by atoms with Crippen molar-refractivity contribution in [2.24, 2.45) is 0 Å². The maximum atomic E-state index is 13.1. The van der Waals surface area contributed by atoms with Gasteiger partial charge in [0.25, 0.3) is 0 Å². The van der Waals surface area contributed by atoms with Crippen molar-refractivity contribution < 1.29 is 4.39 Å². The minimum absolute atomic E-state index is 0.254. The Morgan fingerprint density at radius 1 is 1.25 bits per heavy atom. The Balaban J connectivity index is 2.51. The molecule has 2 nitrogen and oxygen atoms in total. The number of alkyl halides is 1. The van der Waals surface area contributed by atoms with Crippen LogP contribution in [0.4, 0.5) is 4.39 Å². The van der Waals surface area contributed by atoms with Crippen molar-refractivity contribution in [1.29, 1.82) is 0 Å². The first-order valence-electron chi connectivity index (χ1n) is 4.85. The zero-order chi connectivity index (χ0) is 11.5. The van der Waals surface area contributed by atoms with Gasteiger partial charge in [-0.1, -0.05) is 12.1 Å². The van der Waals surface area contributed by atoms with Gasteiger partial charge in [-0.05, 0) is 25.1 Å². The third-order valence-corrected chi connectivity index (χ3v) is 2.38. The van der Waals surface area contributed by atoms with Crippen molar-refractivity contribution in [3.8, 4) is 11.3 Å². The van der Waals surface area contributed by atoms with E-state index in [2.05, 4.69) is 9.97 Å². The van der Waals surface area contributed by atoms with Crippen LogP contribution in [0.25, 0.3) is 11.3 Å². The van der Waals surface area contributed by atoms with Crippen LogP contribution in [0.2, 0.25) is 0 Å². The number of hydrogen-bond donors (Lipinski definition) is 0. The number of rotatable bonds is 2. The Kier molecular flexibility index (Phi) is 3.15. The van der Waals surface area contributed by atoms with Crippen LogP contribution in [-0.2, 0) is 5.88 Å². The molecule has 2 rings (SSSR count). The number of benzene rings is 1. The summed E-state index contributed by atoms with van der Waals surface area (Å²) in [6.45, 7) is 1.86. The molecular weight excluding hydrogens is 227 g/mol. The molecule has 0 spiro atoms. The fourth-order valence-electron chi connectivity index (χ4n) is 1.49. The van der Waals surface area contributed by atoms with Gasteiger partial charge >= 0.3 is 0 Å². The molecule has 0 N–H and O–H groups in total. The van der Waals surface area contributed by atoms with Crippen LogP contribution < -0.4 is 0 Å². The smallest absolute Gasteiger partial charge is 0.143 e. The van der Waals surface area contributed by atoms with Crippen molar-refractivity contribution >= 4 is 11.6 Å². The third-order valence-electron chi connectivity index (χ3n) is 2.14. The van der Waals surface area contributed by atoms with Gasteiger partial charge in [0.15, 0.2) is 0 Å². The molecule has 1 aromatic carbocycles. The molecule has 82 valence electrons. The molecule has 0 amide bonds. The highest BCUT2D eigenvalue weighted by Crippen LogP contribution is 2.19. The van der Waals surface area contributed by atoms with Crippen molar-refractivity contribution in [1.82, 2.24) is 9.97 Å². The van der Waals surface area contributed by atoms with E-state index in [-0.39, 0.29) is 11.7 Å². The molecule has 2 aromatic rings. The average Bonchev–Trinajstić information content (AvgIpc) is 2.28. The molecule has 16 heavy (non-hydrogen) atoms. The lowest BCUT2D eigenvalue weighted by Crippen LogP contribution is -1.96. The lowest BCUT2D eigenvalue weighted by atomic mass is 10.1. The minimum atomic E-state index is -0.277. The molecule has 0 radical (unpaired) electrons. The zero-order valence-electron chi connectivity index (χ0n) is 8.74. The van der Waals surface area contributed by atoms with Gasteiger partial charge < -0.3 is 0 Å². The van der Waals surface area contributed by atoms with Gasteiger partial charge in [-0.25, -0.2) is 14.4 Å². The van der Waals surface area contributed by atoms with Crippen LogP contribution in [0.5, 0.6) is 0 Å². The van der Waals surface area contributed by atoms with Crippen LogP contribution in [0.15, 0.2) is 30.3 Å². The van der Waals surface area contributed by atoms with Gasteiger partial charge in [0.2, 0.25) is 0 Å². The van der Waals surface area contributed by atoms with Gasteiger partial charge in [-0.15, -0.1) is 11.6 Å². The first-order chi connectivity index (χ1) is 7.69. The number of aryl methyl sites for hydroxylation is 1. The number of aromatic nitrogens is 2. The molecule has 0 saturated heterocycles. The van der Waals surface area contributed by atoms with Gasteiger partial charge in [-0.2, -0.15) is 0 Å². The highest BCUT2D eigenvalue weighted by atomic mass is 35.5. The highest BCUT2D eigenvalue weighted by Gasteiger charge is 2.04. The Bertz CT molecular complexity index is 514. The summed E-state index contributed by atoms with van der Waals surface area (Å²) in [5, 5.41) is 0. The Hall–Kier alpha value is -1.48. The molecule has 0 unspecified atom stereocenters. The van der Waals surface area contributed by atoms with E-state index in [1.54, 1.807) is 6.07 Å². The number of halogens is 2. The Labute approximate surface area is 98.1 Å². The zero-order valence-corrected chi connectivity index (χ0v) is 9.50. The predicted molar refractivity (Wildman–Crippen MR) is 61.7 cm³/mol. The summed E-state index contributed by atoms with van der Waals surface area (Å²) in [7, 11) is 0. The van der Waals surface area contributed by atoms with E-state index < -0.39 is 0 Å². The summed E-state index contributed by atoms with van der Waals surface area (Å²) >= 11 is 5.69. The monoisotopic (exact) mass is 236 g/mol. The second kappa shape index (κ2) is 4.58. The number of nitrogens with zero attached hydrogens (tertiary/aromatic N) is 2. The van der Waals surface area contributed by atoms with E-state index >= 15 is 0 Å². The first-order valence-corrected chi connectivity index (χ1v) is 5.39. The summed E-state index contributed by atoms with van der Waals surface area (Å²) < 4.78 is 13.1. The van der Waals surface area contributed by atoms with Crippen LogP contribution in [0.1, 0.15) is 11.5 Å². The standard InChI is InChI=1S/C12H10ClFN2/c1-8-5-11(16-12(7-13)15-8)9-3-2-4-10(14)6-9/h2-6H,7H2,1H3. The Morgan fingerprint density at radius 3 is 2.75 bits per heavy atom. The van der Waals surface area contributed by atoms with Crippen molar-refractivity contribution in [3.05, 3.63) is 47.7 Å². The molecule has 0 saturated carbocycles. The van der Waals surface area contributed by atoms with Crippen molar-refractivity contribution in [3.63, 3.8) is 0 Å². The van der Waals surface area contributed by atoms with E-state index in [1.165, 1.54) is 12.1 Å². The van der Waals surface area contributed by atoms with E-state index in [0.717, 1.165) is 11.3 Å². The quantitative estimate of drug-likeness (QED) is 0.748. The molecule has 0 atom stereocenters. The average molecular weight is 237 g/mol. The third kappa shape index (κ3) is 2.36. The molecule has 0 aliphatic rings. The van der Waals surface area contributed by atoms with Crippen LogP contribution >= 0.6 is 11.6 Å². The molecule has 1 heterocycles. The van der Waals surface area contributed by atoms with Gasteiger partial charge in [0.1, 0.15) is 11.6 Å². The maximum Gasteiger partial charge on any atom is 0.143 e. The largest absolute Gasteiger partial charge is 0.237 e. The number of hydrogen-bond acceptors (Lipinski definition) is 2. The molecule has 4 heteroatoms. The second-order valence-corrected chi connectivity index (χ2v) is 3.72. The highest BCUT2D eigenvalue weighted by molar-refractivity contribution is 6.16. The lowest BCUT2D eigenvalue weighted by molar-refractivity contribution is 0.628. The van der Waals surface area contributed by atoms with Gasteiger partial charge in [0, 0.05) is 11.3 Å².